The number of carbonyl (C=O) groups is 6. The first-order valence-electron chi connectivity index (χ1n) is 41.9. The molecular formula is C96H141F7N8O10. The number of ether oxygens (including phenoxy) is 2. The van der Waals surface area contributed by atoms with E-state index in [2.05, 4.69) is 87.6 Å². The van der Waals surface area contributed by atoms with Crippen LogP contribution in [0.25, 0.3) is 0 Å². The Labute approximate surface area is 718 Å². The molecule has 0 aromatic heterocycles. The van der Waals surface area contributed by atoms with Crippen LogP contribution in [0.2, 0.25) is 0 Å². The molecule has 0 unspecified atom stereocenters. The van der Waals surface area contributed by atoms with Gasteiger partial charge in [-0.2, -0.15) is 0 Å². The average Bonchev–Trinajstić information content (AvgIpc) is 0.747. The first kappa shape index (κ1) is 108. The van der Waals surface area contributed by atoms with E-state index < -0.39 is 51.2 Å². The number of piperidine rings is 1. The highest BCUT2D eigenvalue weighted by Gasteiger charge is 2.37. The fraction of sp³-hybridized carbons (Fsp3) is 0.562. The lowest BCUT2D eigenvalue weighted by Gasteiger charge is -2.30. The van der Waals surface area contributed by atoms with Crippen molar-refractivity contribution in [3.63, 3.8) is 0 Å². The minimum absolute atomic E-state index is 0.0128. The summed E-state index contributed by atoms with van der Waals surface area (Å²) >= 11 is 0. The van der Waals surface area contributed by atoms with Crippen LogP contribution in [-0.2, 0) is 68.0 Å². The number of aryl methyl sites for hydroxylation is 3. The molecule has 1 aliphatic heterocycles. The Bertz CT molecular complexity index is 4360. The lowest BCUT2D eigenvalue weighted by Crippen LogP contribution is -2.40. The second kappa shape index (κ2) is 47.8. The van der Waals surface area contributed by atoms with E-state index in [4.69, 9.17) is 4.74 Å². The molecule has 0 atom stereocenters. The van der Waals surface area contributed by atoms with Gasteiger partial charge in [0.05, 0.1) is 12.0 Å². The van der Waals surface area contributed by atoms with Crippen molar-refractivity contribution in [1.82, 2.24) is 29.4 Å². The summed E-state index contributed by atoms with van der Waals surface area (Å²) < 4.78 is 99.5. The summed E-state index contributed by atoms with van der Waals surface area (Å²) in [6.07, 6.45) is 2.90. The Morgan fingerprint density at radius 3 is 1.24 bits per heavy atom. The summed E-state index contributed by atoms with van der Waals surface area (Å²) in [7, 11) is 10.2. The van der Waals surface area contributed by atoms with E-state index in [0.717, 1.165) is 69.3 Å². The molecule has 25 heteroatoms. The van der Waals surface area contributed by atoms with Gasteiger partial charge in [0.15, 0.2) is 11.6 Å². The summed E-state index contributed by atoms with van der Waals surface area (Å²) in [5.74, 6) is -2.84. The zero-order chi connectivity index (χ0) is 92.8. The Balaban J connectivity index is 0.000000494. The van der Waals surface area contributed by atoms with Crippen molar-refractivity contribution >= 4 is 46.8 Å². The molecule has 1 aliphatic rings. The predicted octanol–water partition coefficient (Wildman–Crippen LogP) is 22.5. The minimum Gasteiger partial charge on any atom is -0.497 e. The number of hydrogen-bond acceptors (Lipinski definition) is 11. The maximum Gasteiger partial charge on any atom is 0.573 e. The van der Waals surface area contributed by atoms with Crippen molar-refractivity contribution in [2.75, 3.05) is 66.9 Å². The van der Waals surface area contributed by atoms with Crippen molar-refractivity contribution < 1.29 is 73.9 Å². The Hall–Kier alpha value is -9.55. The molecule has 0 N–H and O–H groups in total. The van der Waals surface area contributed by atoms with Crippen molar-refractivity contribution in [3.8, 4) is 11.5 Å². The van der Waals surface area contributed by atoms with Crippen LogP contribution < -0.4 is 14.4 Å². The normalized spacial score (nSPS) is 12.3. The van der Waals surface area contributed by atoms with E-state index in [9.17, 15) is 69.6 Å². The van der Waals surface area contributed by atoms with Gasteiger partial charge < -0.3 is 43.8 Å². The van der Waals surface area contributed by atoms with Gasteiger partial charge in [0.2, 0.25) is 35.4 Å². The molecule has 0 saturated carbocycles. The number of carbonyl (C=O) groups excluding carboxylic acids is 6. The molecule has 1 heterocycles. The van der Waals surface area contributed by atoms with E-state index in [1.54, 1.807) is 60.8 Å². The highest BCUT2D eigenvalue weighted by Crippen LogP contribution is 2.35. The summed E-state index contributed by atoms with van der Waals surface area (Å²) in [5.41, 5.74) is 7.44. The first-order chi connectivity index (χ1) is 55.9. The molecule has 7 rings (SSSR count). The number of benzene rings is 6. The Morgan fingerprint density at radius 1 is 0.438 bits per heavy atom. The van der Waals surface area contributed by atoms with Gasteiger partial charge in [-0.05, 0) is 144 Å². The number of nitrogens with zero attached hydrogens (tertiary/aromatic N) is 8. The molecule has 18 nitrogen and oxygen atoms in total. The fourth-order valence-corrected chi connectivity index (χ4v) is 12.8. The SMILES string of the molecule is CCC(C)(C)C(=O)N(C)Cc1cc(C)cc(C)c1.CCC(C)(C)C(=O)N(C)Cc1ccc(N2CCCCC2)c([N+](=O)[O-])c1.CCC(C)(C)C(=O)N(C)Cc1ccc(OC)cc1F.CCC(C)(C)C(=O)N(C)Cc1cccc(C)c1C.CCC(C)(C)C(=O)N(C)Cc1cccc(OC(F)(F)F)c1F.CCN(Cc1ccc(F)cc1F)C(=O)C(C)(C)CC. The summed E-state index contributed by atoms with van der Waals surface area (Å²) in [4.78, 5) is 97.0. The van der Waals surface area contributed by atoms with Gasteiger partial charge in [-0.1, -0.05) is 202 Å². The Morgan fingerprint density at radius 2 is 0.826 bits per heavy atom. The van der Waals surface area contributed by atoms with Gasteiger partial charge >= 0.3 is 6.36 Å². The largest absolute Gasteiger partial charge is 0.573 e. The summed E-state index contributed by atoms with van der Waals surface area (Å²) in [5, 5.41) is 11.5. The molecule has 121 heavy (non-hydrogen) atoms. The van der Waals surface area contributed by atoms with Crippen LogP contribution in [0, 0.1) is 93.6 Å². The van der Waals surface area contributed by atoms with E-state index in [1.165, 1.54) is 89.2 Å². The van der Waals surface area contributed by atoms with Gasteiger partial charge in [0.25, 0.3) is 5.69 Å². The number of hydrogen-bond donors (Lipinski definition) is 0. The molecule has 0 spiro atoms. The number of nitro benzene ring substituents is 1. The topological polar surface area (TPSA) is 187 Å². The maximum atomic E-state index is 14.0. The van der Waals surface area contributed by atoms with E-state index in [0.29, 0.717) is 61.6 Å². The monoisotopic (exact) mass is 1700 g/mol. The number of alkyl halides is 3. The van der Waals surface area contributed by atoms with Crippen molar-refractivity contribution in [3.05, 3.63) is 198 Å². The smallest absolute Gasteiger partial charge is 0.497 e. The maximum absolute atomic E-state index is 14.0. The van der Waals surface area contributed by atoms with Crippen molar-refractivity contribution in [2.45, 2.75) is 263 Å². The molecule has 674 valence electrons. The average molecular weight is 1700 g/mol. The minimum atomic E-state index is -4.97. The molecule has 6 amide bonds. The number of nitro groups is 1. The van der Waals surface area contributed by atoms with Crippen LogP contribution in [-0.4, -0.2) is 138 Å². The van der Waals surface area contributed by atoms with E-state index >= 15 is 0 Å². The van der Waals surface area contributed by atoms with Crippen LogP contribution in [0.1, 0.15) is 245 Å². The molecule has 1 fully saturated rings. The first-order valence-corrected chi connectivity index (χ1v) is 41.9. The van der Waals surface area contributed by atoms with Crippen LogP contribution in [0.4, 0.5) is 42.1 Å². The highest BCUT2D eigenvalue weighted by atomic mass is 19.4. The fourth-order valence-electron chi connectivity index (χ4n) is 12.8. The van der Waals surface area contributed by atoms with Crippen LogP contribution in [0.3, 0.4) is 0 Å². The third-order valence-corrected chi connectivity index (χ3v) is 23.1. The number of amides is 6. The van der Waals surface area contributed by atoms with Gasteiger partial charge in [-0.25, -0.2) is 17.6 Å². The quantitative estimate of drug-likeness (QED) is 0.0247. The van der Waals surface area contributed by atoms with Gasteiger partial charge in [0.1, 0.15) is 28.9 Å². The highest BCUT2D eigenvalue weighted by molar-refractivity contribution is 5.84. The summed E-state index contributed by atoms with van der Waals surface area (Å²) in [6, 6.07) is 29.7. The molecular weight excluding hydrogens is 1560 g/mol. The molecule has 0 aliphatic carbocycles. The van der Waals surface area contributed by atoms with Crippen molar-refractivity contribution in [1.29, 1.82) is 0 Å². The summed E-state index contributed by atoms with van der Waals surface area (Å²) in [6.45, 7) is 49.4. The number of anilines is 1. The van der Waals surface area contributed by atoms with Gasteiger partial charge in [0, 0.05) is 162 Å². The third-order valence-electron chi connectivity index (χ3n) is 23.1. The number of methoxy groups -OCH3 is 1. The zero-order valence-electron chi connectivity index (χ0n) is 77.9. The molecule has 1 saturated heterocycles. The number of halogens is 7. The zero-order valence-corrected chi connectivity index (χ0v) is 77.9. The number of rotatable bonds is 29. The van der Waals surface area contributed by atoms with Crippen LogP contribution in [0.15, 0.2) is 109 Å². The molecule has 0 radical (unpaired) electrons. The lowest BCUT2D eigenvalue weighted by molar-refractivity contribution is -0.384. The van der Waals surface area contributed by atoms with Crippen molar-refractivity contribution in [2.24, 2.45) is 32.5 Å². The Kier molecular flexibility index (Phi) is 42.4. The van der Waals surface area contributed by atoms with Gasteiger partial charge in [-0.3, -0.25) is 38.9 Å². The molecule has 6 aromatic rings. The second-order valence-corrected chi connectivity index (χ2v) is 35.5. The predicted molar refractivity (Wildman–Crippen MR) is 471 cm³/mol. The molecule has 0 bridgehead atoms. The van der Waals surface area contributed by atoms with Crippen LogP contribution >= 0.6 is 0 Å². The van der Waals surface area contributed by atoms with E-state index in [1.807, 2.05) is 140 Å². The van der Waals surface area contributed by atoms with E-state index in [-0.39, 0.29) is 87.9 Å². The standard InChI is InChI=1S/C19H29N3O3.2C16H25NO.C15H19F4NO2.C15H21F2NO.C15H22FNO2/c1-5-19(2,3)18(23)20(4)14-15-9-10-16(17(13-15)22(24)25)21-11-7-6-8-12-21;1-7-16(4,5)15(18)17(6)11-14-9-12(2)8-13(3)10-14;1-7-16(4,5)15(18)17(6)11-14-10-8-9-12(2)13(14)3;1-5-14(2,3)13(21)20(4)9-10-7-6-8-11(12(10)16)22-15(17,18)19;1-5-15(3,4)14(19)18(6-2)10-11-7-8-12(16)9-13(11)17;1-6-15(2,3)14(18)17(4)10-11-7-8-12(19-5)9-13(11)16/h9-10,13H,5-8,11-12,14H2,1-4H3;2*8-10H,7,11H2,1-6H3;6-8H,5,9H2,1-4H3;7-9H,5-6,10H2,1-4H3;7-9H,6,10H2,1-5H3. The lowest BCUT2D eigenvalue weighted by atomic mass is 9.88. The third kappa shape index (κ3) is 33.7. The second-order valence-electron chi connectivity index (χ2n) is 35.5. The van der Waals surface area contributed by atoms with Crippen LogP contribution in [0.5, 0.6) is 11.5 Å². The van der Waals surface area contributed by atoms with Gasteiger partial charge in [-0.15, -0.1) is 13.2 Å². The molecule has 6 aromatic carbocycles.